The first-order chi connectivity index (χ1) is 10.7. The van der Waals surface area contributed by atoms with Crippen molar-refractivity contribution >= 4 is 17.2 Å². The quantitative estimate of drug-likeness (QED) is 0.916. The van der Waals surface area contributed by atoms with E-state index in [2.05, 4.69) is 21.4 Å². The summed E-state index contributed by atoms with van der Waals surface area (Å²) in [7, 11) is 1.99. The maximum Gasteiger partial charge on any atom is 0.252 e. The number of rotatable bonds is 5. The van der Waals surface area contributed by atoms with Crippen molar-refractivity contribution in [3.05, 3.63) is 40.3 Å². The zero-order chi connectivity index (χ0) is 15.4. The van der Waals surface area contributed by atoms with E-state index in [-0.39, 0.29) is 5.91 Å². The number of aromatic nitrogens is 2. The van der Waals surface area contributed by atoms with Gasteiger partial charge in [-0.3, -0.25) is 9.48 Å². The van der Waals surface area contributed by atoms with Gasteiger partial charge in [0.15, 0.2) is 0 Å². The third-order valence-corrected chi connectivity index (χ3v) is 5.00. The van der Waals surface area contributed by atoms with Crippen molar-refractivity contribution in [2.75, 3.05) is 19.6 Å². The molecule has 3 rings (SSSR count). The van der Waals surface area contributed by atoms with Crippen LogP contribution in [0.4, 0.5) is 0 Å². The number of aryl methyl sites for hydroxylation is 1. The predicted molar refractivity (Wildman–Crippen MR) is 88.2 cm³/mol. The van der Waals surface area contributed by atoms with Crippen LogP contribution in [0.25, 0.3) is 0 Å². The molecule has 0 unspecified atom stereocenters. The second-order valence-corrected chi connectivity index (χ2v) is 6.58. The van der Waals surface area contributed by atoms with Crippen molar-refractivity contribution in [3.8, 4) is 0 Å². The molecule has 3 heterocycles. The summed E-state index contributed by atoms with van der Waals surface area (Å²) in [5, 5.41) is 11.2. The van der Waals surface area contributed by atoms with Crippen LogP contribution in [0.3, 0.4) is 0 Å². The Bertz CT molecular complexity index is 599. The molecule has 0 atom stereocenters. The minimum Gasteiger partial charge on any atom is -0.349 e. The van der Waals surface area contributed by atoms with Gasteiger partial charge in [0, 0.05) is 62.0 Å². The molecule has 2 aromatic heterocycles. The number of nitrogens with one attached hydrogen (secondary N) is 1. The van der Waals surface area contributed by atoms with Crippen molar-refractivity contribution < 1.29 is 4.79 Å². The van der Waals surface area contributed by atoms with Crippen LogP contribution in [0, 0.1) is 0 Å². The number of thiophene rings is 1. The van der Waals surface area contributed by atoms with Gasteiger partial charge in [-0.2, -0.15) is 16.4 Å². The van der Waals surface area contributed by atoms with Crippen LogP contribution >= 0.6 is 11.3 Å². The van der Waals surface area contributed by atoms with E-state index >= 15 is 0 Å². The molecule has 1 fully saturated rings. The number of piperidine rings is 1. The Kier molecular flexibility index (Phi) is 4.90. The first kappa shape index (κ1) is 15.2. The number of nitrogens with zero attached hydrogens (tertiary/aromatic N) is 3. The van der Waals surface area contributed by atoms with Gasteiger partial charge >= 0.3 is 0 Å². The number of hydrogen-bond donors (Lipinski definition) is 1. The molecule has 6 heteroatoms. The molecule has 22 heavy (non-hydrogen) atoms. The highest BCUT2D eigenvalue weighted by Crippen LogP contribution is 2.13. The van der Waals surface area contributed by atoms with Crippen LogP contribution < -0.4 is 5.32 Å². The molecule has 0 radical (unpaired) electrons. The molecule has 0 aliphatic carbocycles. The summed E-state index contributed by atoms with van der Waals surface area (Å²) in [5.74, 6) is 0.0644. The van der Waals surface area contributed by atoms with Gasteiger partial charge in [-0.25, -0.2) is 0 Å². The average Bonchev–Trinajstić information content (AvgIpc) is 3.18. The molecular weight excluding hydrogens is 296 g/mol. The lowest BCUT2D eigenvalue weighted by atomic mass is 10.0. The number of likely N-dealkylation sites (tertiary alicyclic amines) is 1. The largest absolute Gasteiger partial charge is 0.349 e. The van der Waals surface area contributed by atoms with Crippen LogP contribution in [0.1, 0.15) is 28.9 Å². The van der Waals surface area contributed by atoms with Gasteiger partial charge in [-0.15, -0.1) is 0 Å². The first-order valence-corrected chi connectivity index (χ1v) is 8.69. The Morgan fingerprint density at radius 3 is 2.86 bits per heavy atom. The van der Waals surface area contributed by atoms with Gasteiger partial charge in [-0.1, -0.05) is 0 Å². The maximum absolute atomic E-state index is 12.0. The number of carbonyl (C=O) groups is 1. The zero-order valence-corrected chi connectivity index (χ0v) is 13.7. The minimum absolute atomic E-state index is 0.0644. The molecule has 1 aliphatic rings. The van der Waals surface area contributed by atoms with E-state index in [4.69, 9.17) is 0 Å². The van der Waals surface area contributed by atoms with Gasteiger partial charge < -0.3 is 10.2 Å². The highest BCUT2D eigenvalue weighted by atomic mass is 32.1. The molecule has 0 saturated carbocycles. The Hall–Kier alpha value is -1.66. The van der Waals surface area contributed by atoms with Crippen molar-refractivity contribution in [1.82, 2.24) is 20.0 Å². The van der Waals surface area contributed by atoms with Crippen molar-refractivity contribution in [3.63, 3.8) is 0 Å². The van der Waals surface area contributed by atoms with Crippen molar-refractivity contribution in [2.24, 2.45) is 7.05 Å². The van der Waals surface area contributed by atoms with E-state index in [1.54, 1.807) is 11.3 Å². The molecule has 0 bridgehead atoms. The van der Waals surface area contributed by atoms with E-state index in [9.17, 15) is 4.79 Å². The van der Waals surface area contributed by atoms with Gasteiger partial charge in [0.25, 0.3) is 5.91 Å². The summed E-state index contributed by atoms with van der Waals surface area (Å²) in [6, 6.07) is 4.26. The van der Waals surface area contributed by atoms with Crippen LogP contribution in [0.15, 0.2) is 29.1 Å². The monoisotopic (exact) mass is 318 g/mol. The summed E-state index contributed by atoms with van der Waals surface area (Å²) in [4.78, 5) is 14.5. The predicted octanol–water partition coefficient (Wildman–Crippen LogP) is 1.92. The maximum atomic E-state index is 12.0. The molecule has 0 aromatic carbocycles. The lowest BCUT2D eigenvalue weighted by Gasteiger charge is -2.32. The third-order valence-electron chi connectivity index (χ3n) is 4.31. The highest BCUT2D eigenvalue weighted by molar-refractivity contribution is 7.08. The van der Waals surface area contributed by atoms with Gasteiger partial charge in [0.05, 0.1) is 0 Å². The fourth-order valence-electron chi connectivity index (χ4n) is 2.88. The second-order valence-electron chi connectivity index (χ2n) is 5.80. The number of amides is 1. The van der Waals surface area contributed by atoms with E-state index in [1.807, 2.05) is 34.8 Å². The smallest absolute Gasteiger partial charge is 0.252 e. The van der Waals surface area contributed by atoms with Crippen LogP contribution in [0.2, 0.25) is 0 Å². The molecule has 5 nitrogen and oxygen atoms in total. The fraction of sp³-hybridized carbons (Fsp3) is 0.500. The highest BCUT2D eigenvalue weighted by Gasteiger charge is 2.21. The summed E-state index contributed by atoms with van der Waals surface area (Å²) in [6.45, 7) is 3.16. The van der Waals surface area contributed by atoms with Gasteiger partial charge in [-0.05, 0) is 30.4 Å². The first-order valence-electron chi connectivity index (χ1n) is 7.74. The van der Waals surface area contributed by atoms with Crippen LogP contribution in [0.5, 0.6) is 0 Å². The lowest BCUT2D eigenvalue weighted by Crippen LogP contribution is -2.45. The van der Waals surface area contributed by atoms with Crippen molar-refractivity contribution in [2.45, 2.75) is 25.3 Å². The molecule has 118 valence electrons. The average molecular weight is 318 g/mol. The molecular formula is C16H22N4OS. The Labute approximate surface area is 134 Å². The summed E-state index contributed by atoms with van der Waals surface area (Å²) >= 11 is 1.56. The van der Waals surface area contributed by atoms with Crippen LogP contribution in [-0.2, 0) is 13.5 Å². The van der Waals surface area contributed by atoms with E-state index in [1.165, 1.54) is 5.69 Å². The second kappa shape index (κ2) is 7.07. The molecule has 1 aliphatic heterocycles. The fourth-order valence-corrected chi connectivity index (χ4v) is 3.52. The summed E-state index contributed by atoms with van der Waals surface area (Å²) in [5.41, 5.74) is 2.05. The van der Waals surface area contributed by atoms with E-state index in [0.29, 0.717) is 6.04 Å². The molecule has 2 aromatic rings. The summed E-state index contributed by atoms with van der Waals surface area (Å²) in [6.07, 6.45) is 4.94. The van der Waals surface area contributed by atoms with Gasteiger partial charge in [0.1, 0.15) is 0 Å². The minimum atomic E-state index is 0.0644. The molecule has 0 spiro atoms. The van der Waals surface area contributed by atoms with Gasteiger partial charge in [0.2, 0.25) is 0 Å². The third kappa shape index (κ3) is 3.75. The lowest BCUT2D eigenvalue weighted by molar-refractivity contribution is 0.0912. The SMILES string of the molecule is Cn1nccc1CCN1CCC(NC(=O)c2ccsc2)CC1. The van der Waals surface area contributed by atoms with E-state index in [0.717, 1.165) is 44.5 Å². The normalized spacial score (nSPS) is 16.8. The Morgan fingerprint density at radius 1 is 1.41 bits per heavy atom. The Balaban J connectivity index is 1.41. The number of carbonyl (C=O) groups excluding carboxylic acids is 1. The van der Waals surface area contributed by atoms with Crippen molar-refractivity contribution in [1.29, 1.82) is 0 Å². The molecule has 1 saturated heterocycles. The number of hydrogen-bond acceptors (Lipinski definition) is 4. The topological polar surface area (TPSA) is 50.2 Å². The Morgan fingerprint density at radius 2 is 2.23 bits per heavy atom. The van der Waals surface area contributed by atoms with Crippen LogP contribution in [-0.4, -0.2) is 46.3 Å². The standard InChI is InChI=1S/C16H22N4OS/c1-19-15(2-7-17-19)5-10-20-8-3-14(4-9-20)18-16(21)13-6-11-22-12-13/h2,6-7,11-12,14H,3-5,8-10H2,1H3,(H,18,21). The zero-order valence-electron chi connectivity index (χ0n) is 12.9. The van der Waals surface area contributed by atoms with E-state index < -0.39 is 0 Å². The summed E-state index contributed by atoms with van der Waals surface area (Å²) < 4.78 is 1.94. The molecule has 1 N–H and O–H groups in total. The molecule has 1 amide bonds.